The van der Waals surface area contributed by atoms with Crippen LogP contribution < -0.4 is 76.5 Å². The van der Waals surface area contributed by atoms with E-state index in [1.165, 1.54) is 62.2 Å². The summed E-state index contributed by atoms with van der Waals surface area (Å²) in [6, 6.07) is 117. The van der Waals surface area contributed by atoms with E-state index in [2.05, 4.69) is 322 Å². The standard InChI is InChI=1S/C77H53NO3Si3/c1-7-28-55(29-8-1)82(56-30-9-2-10-31-56)69-46-22-19-43-66(69)79-75-61(40-25-49-72(75)82)54-52-64(62-41-26-50-73-76(62)80-67-44-20-23-47-70(67)83(73,57-32-11-3-12-33-57)58-34-13-4-14-35-58)78-65(53-54)63-42-27-51-74-77(63)81-68-45-21-24-48-71(68)84(74,59-36-15-5-16-37-59)60-38-17-6-18-39-60/h1-53H. The van der Waals surface area contributed by atoms with Crippen molar-refractivity contribution in [1.29, 1.82) is 0 Å². The van der Waals surface area contributed by atoms with E-state index in [-0.39, 0.29) is 0 Å². The molecular weight excluding hydrogens is 1070 g/mol. The van der Waals surface area contributed by atoms with E-state index in [1.807, 2.05) is 0 Å². The molecule has 0 amide bonds. The maximum atomic E-state index is 7.44. The number of benzene rings is 12. The maximum absolute atomic E-state index is 7.44. The highest BCUT2D eigenvalue weighted by molar-refractivity contribution is 7.22. The number of pyridine rings is 1. The summed E-state index contributed by atoms with van der Waals surface area (Å²) < 4.78 is 22.3. The van der Waals surface area contributed by atoms with Gasteiger partial charge in [0.05, 0.1) is 11.4 Å². The lowest BCUT2D eigenvalue weighted by molar-refractivity contribution is 0.488. The summed E-state index contributed by atoms with van der Waals surface area (Å²) in [5, 5.41) is 14.9. The van der Waals surface area contributed by atoms with Crippen molar-refractivity contribution in [1.82, 2.24) is 4.98 Å². The molecule has 0 radical (unpaired) electrons. The van der Waals surface area contributed by atoms with Crippen LogP contribution in [0.4, 0.5) is 0 Å². The van der Waals surface area contributed by atoms with Gasteiger partial charge >= 0.3 is 0 Å². The summed E-state index contributed by atoms with van der Waals surface area (Å²) in [4.78, 5) is 5.92. The Kier molecular flexibility index (Phi) is 11.9. The first-order chi connectivity index (χ1) is 41.7. The third-order valence-electron chi connectivity index (χ3n) is 17.7. The van der Waals surface area contributed by atoms with Crippen LogP contribution in [0, 0.1) is 0 Å². The fraction of sp³-hybridized carbons (Fsp3) is 0. The lowest BCUT2D eigenvalue weighted by Gasteiger charge is -2.40. The number of rotatable bonds is 9. The molecule has 0 bridgehead atoms. The van der Waals surface area contributed by atoms with Crippen molar-refractivity contribution in [2.75, 3.05) is 0 Å². The molecule has 0 saturated heterocycles. The fourth-order valence-corrected chi connectivity index (χ4v) is 29.2. The van der Waals surface area contributed by atoms with Gasteiger partial charge in [-0.25, -0.2) is 4.98 Å². The smallest absolute Gasteiger partial charge is 0.188 e. The van der Waals surface area contributed by atoms with Crippen molar-refractivity contribution in [2.45, 2.75) is 0 Å². The minimum atomic E-state index is -3.05. The lowest BCUT2D eigenvalue weighted by Crippen LogP contribution is -2.76. The average molecular weight is 1120 g/mol. The molecule has 84 heavy (non-hydrogen) atoms. The van der Waals surface area contributed by atoms with E-state index in [9.17, 15) is 0 Å². The lowest BCUT2D eigenvalue weighted by atomic mass is 9.98. The number of para-hydroxylation sites is 6. The molecule has 1 aromatic heterocycles. The first-order valence-electron chi connectivity index (χ1n) is 28.8. The van der Waals surface area contributed by atoms with Crippen LogP contribution in [-0.2, 0) is 0 Å². The zero-order chi connectivity index (χ0) is 55.7. The SMILES string of the molecule is c1ccc([Si]2(c3ccccc3)c3ccccc3Oc3c(-c4cc(-c5cccc6c5Oc5ccccc5[Si]6(c5ccccc5)c5ccccc5)nc(-c5cccc6c5Oc5ccccc5[Si]6(c5ccccc5)c5ccccc5)c4)cccc32)cc1. The molecule has 4 heterocycles. The summed E-state index contributed by atoms with van der Waals surface area (Å²) >= 11 is 0. The molecule has 396 valence electrons. The number of hydrogen-bond acceptors (Lipinski definition) is 4. The van der Waals surface area contributed by atoms with Gasteiger partial charge in [-0.3, -0.25) is 0 Å². The Morgan fingerprint density at radius 2 is 0.452 bits per heavy atom. The molecule has 3 aliphatic heterocycles. The number of hydrogen-bond donors (Lipinski definition) is 0. The van der Waals surface area contributed by atoms with Crippen molar-refractivity contribution >= 4 is 86.5 Å². The van der Waals surface area contributed by atoms with Crippen LogP contribution in [0.5, 0.6) is 34.5 Å². The van der Waals surface area contributed by atoms with E-state index < -0.39 is 24.2 Å². The average Bonchev–Trinajstić information content (AvgIpc) is 1.06. The van der Waals surface area contributed by atoms with Gasteiger partial charge in [0.25, 0.3) is 0 Å². The topological polar surface area (TPSA) is 40.6 Å². The van der Waals surface area contributed by atoms with Gasteiger partial charge in [0.1, 0.15) is 34.5 Å². The van der Waals surface area contributed by atoms with Gasteiger partial charge in [-0.15, -0.1) is 0 Å². The summed E-state index contributed by atoms with van der Waals surface area (Å²) in [5.74, 6) is 5.04. The van der Waals surface area contributed by atoms with Crippen LogP contribution in [-0.4, -0.2) is 29.2 Å². The van der Waals surface area contributed by atoms with Crippen molar-refractivity contribution < 1.29 is 14.2 Å². The monoisotopic (exact) mass is 1120 g/mol. The summed E-state index contributed by atoms with van der Waals surface area (Å²) in [5.41, 5.74) is 5.27. The fourth-order valence-electron chi connectivity index (χ4n) is 14.3. The Balaban J connectivity index is 1.00. The molecule has 3 aliphatic rings. The second-order valence-corrected chi connectivity index (χ2v) is 33.1. The molecular formula is C77H53NO3Si3. The Morgan fingerprint density at radius 3 is 0.750 bits per heavy atom. The molecule has 0 N–H and O–H groups in total. The number of ether oxygens (including phenoxy) is 3. The number of aromatic nitrogens is 1. The summed E-state index contributed by atoms with van der Waals surface area (Å²) in [7, 11) is -9.13. The second-order valence-electron chi connectivity index (χ2n) is 21.9. The molecule has 0 saturated carbocycles. The van der Waals surface area contributed by atoms with Gasteiger partial charge in [-0.05, 0) is 110 Å². The molecule has 4 nitrogen and oxygen atoms in total. The predicted molar refractivity (Wildman–Crippen MR) is 352 cm³/mol. The third-order valence-corrected chi connectivity index (χ3v) is 32.2. The minimum absolute atomic E-state index is 0.773. The Labute approximate surface area is 492 Å². The van der Waals surface area contributed by atoms with Crippen LogP contribution in [0.3, 0.4) is 0 Å². The van der Waals surface area contributed by atoms with Crippen molar-refractivity contribution in [3.63, 3.8) is 0 Å². The van der Waals surface area contributed by atoms with Gasteiger partial charge in [0, 0.05) is 16.7 Å². The molecule has 13 aromatic rings. The van der Waals surface area contributed by atoms with Crippen molar-refractivity contribution in [3.8, 4) is 68.1 Å². The van der Waals surface area contributed by atoms with Gasteiger partial charge in [0.15, 0.2) is 24.2 Å². The van der Waals surface area contributed by atoms with Crippen LogP contribution in [0.15, 0.2) is 322 Å². The predicted octanol–water partition coefficient (Wildman–Crippen LogP) is 10.5. The summed E-state index contributed by atoms with van der Waals surface area (Å²) in [6.07, 6.45) is 0. The largest absolute Gasteiger partial charge is 0.457 e. The zero-order valence-corrected chi connectivity index (χ0v) is 48.8. The Bertz CT molecular complexity index is 4040. The molecule has 0 atom stereocenters. The van der Waals surface area contributed by atoms with E-state index in [0.29, 0.717) is 0 Å². The normalized spacial score (nSPS) is 14.3. The number of fused-ring (bicyclic) bond motifs is 6. The van der Waals surface area contributed by atoms with Gasteiger partial charge < -0.3 is 14.2 Å². The first kappa shape index (κ1) is 49.6. The quantitative estimate of drug-likeness (QED) is 0.135. The molecule has 16 rings (SSSR count). The van der Waals surface area contributed by atoms with Crippen LogP contribution in [0.25, 0.3) is 33.6 Å². The van der Waals surface area contributed by atoms with Crippen LogP contribution in [0.1, 0.15) is 0 Å². The maximum Gasteiger partial charge on any atom is 0.188 e. The highest BCUT2D eigenvalue weighted by Crippen LogP contribution is 2.45. The molecule has 0 fully saturated rings. The summed E-state index contributed by atoms with van der Waals surface area (Å²) in [6.45, 7) is 0. The first-order valence-corrected chi connectivity index (χ1v) is 34.8. The molecule has 12 aromatic carbocycles. The molecule has 7 heteroatoms. The zero-order valence-electron chi connectivity index (χ0n) is 45.8. The minimum Gasteiger partial charge on any atom is -0.457 e. The molecule has 0 unspecified atom stereocenters. The van der Waals surface area contributed by atoms with E-state index in [1.54, 1.807) is 0 Å². The highest BCUT2D eigenvalue weighted by Gasteiger charge is 2.52. The van der Waals surface area contributed by atoms with Crippen LogP contribution in [0.2, 0.25) is 0 Å². The van der Waals surface area contributed by atoms with Crippen molar-refractivity contribution in [2.24, 2.45) is 0 Å². The third kappa shape index (κ3) is 7.39. The van der Waals surface area contributed by atoms with Crippen molar-refractivity contribution in [3.05, 3.63) is 322 Å². The van der Waals surface area contributed by atoms with E-state index in [4.69, 9.17) is 19.2 Å². The molecule has 0 spiro atoms. The number of nitrogens with zero attached hydrogens (tertiary/aromatic N) is 1. The van der Waals surface area contributed by atoms with E-state index in [0.717, 1.165) is 68.1 Å². The Hall–Kier alpha value is -10.2. The highest BCUT2D eigenvalue weighted by atomic mass is 28.3. The van der Waals surface area contributed by atoms with Gasteiger partial charge in [0.2, 0.25) is 0 Å². The van der Waals surface area contributed by atoms with Gasteiger partial charge in [-0.1, -0.05) is 279 Å². The molecule has 0 aliphatic carbocycles. The van der Waals surface area contributed by atoms with E-state index >= 15 is 0 Å². The van der Waals surface area contributed by atoms with Gasteiger partial charge in [-0.2, -0.15) is 0 Å². The van der Waals surface area contributed by atoms with Crippen LogP contribution >= 0.6 is 0 Å². The Morgan fingerprint density at radius 1 is 0.214 bits per heavy atom. The second kappa shape index (κ2) is 20.1.